The monoisotopic (exact) mass is 569 g/mol. The number of para-hydroxylation sites is 2. The Morgan fingerprint density at radius 2 is 1.73 bits per heavy atom. The van der Waals surface area contributed by atoms with E-state index in [4.69, 9.17) is 14.7 Å². The molecule has 1 saturated carbocycles. The van der Waals surface area contributed by atoms with E-state index < -0.39 is 12.0 Å². The number of nitrogens with one attached hydrogen (secondary N) is 1. The van der Waals surface area contributed by atoms with Crippen molar-refractivity contribution in [2.24, 2.45) is 5.92 Å². The van der Waals surface area contributed by atoms with E-state index in [0.29, 0.717) is 66.9 Å². The smallest absolute Gasteiger partial charge is 0.296 e. The van der Waals surface area contributed by atoms with E-state index in [0.717, 1.165) is 51.6 Å². The van der Waals surface area contributed by atoms with Gasteiger partial charge in [0, 0.05) is 37.8 Å². The molecule has 1 aromatic carbocycles. The summed E-state index contributed by atoms with van der Waals surface area (Å²) in [6.45, 7) is 8.18. The molecule has 6 rings (SSSR count). The van der Waals surface area contributed by atoms with Crippen molar-refractivity contribution in [3.05, 3.63) is 36.2 Å². The van der Waals surface area contributed by atoms with Crippen LogP contribution in [0.2, 0.25) is 0 Å². The lowest BCUT2D eigenvalue weighted by molar-refractivity contribution is -0.0244. The van der Waals surface area contributed by atoms with E-state index in [1.165, 1.54) is 4.57 Å². The molecule has 4 heterocycles. The summed E-state index contributed by atoms with van der Waals surface area (Å²) in [5.41, 5.74) is 0.413. The predicted octanol–water partition coefficient (Wildman–Crippen LogP) is 4.80. The van der Waals surface area contributed by atoms with Gasteiger partial charge in [0.2, 0.25) is 5.95 Å². The van der Waals surface area contributed by atoms with E-state index in [9.17, 15) is 13.9 Å². The molecule has 3 aromatic rings. The molecule has 2 N–H and O–H groups in total. The maximum atomic E-state index is 14.1. The minimum atomic E-state index is -2.75. The summed E-state index contributed by atoms with van der Waals surface area (Å²) in [5, 5.41) is 14.1. The molecule has 3 fully saturated rings. The zero-order chi connectivity index (χ0) is 28.6. The number of morpholine rings is 1. The number of fused-ring (bicyclic) bond motifs is 1. The van der Waals surface area contributed by atoms with Crippen LogP contribution in [0.5, 0.6) is 0 Å². The second-order valence-electron chi connectivity index (χ2n) is 12.2. The minimum Gasteiger partial charge on any atom is -0.389 e. The number of anilines is 2. The van der Waals surface area contributed by atoms with E-state index in [-0.39, 0.29) is 11.9 Å². The van der Waals surface area contributed by atoms with Crippen molar-refractivity contribution in [2.45, 2.75) is 76.5 Å². The van der Waals surface area contributed by atoms with Gasteiger partial charge in [-0.15, -0.1) is 0 Å². The zero-order valence-electron chi connectivity index (χ0n) is 24.0. The van der Waals surface area contributed by atoms with Crippen molar-refractivity contribution in [2.75, 3.05) is 49.6 Å². The molecule has 2 aliphatic heterocycles. The predicted molar refractivity (Wildman–Crippen MR) is 155 cm³/mol. The molecule has 1 aliphatic carbocycles. The standard InChI is InChI=1S/C30H41F2N7O2/c1-30(2,40)24-8-5-13-38(24)21-11-9-20(10-12-21)19-33-29-35-25(37-14-16-41-17-15-37)18-26(36-29)39-23-7-4-3-6-22(23)34-28(39)27(31)32/h3-4,6-7,18,20-21,24,27,40H,5,8-17,19H2,1-2H3,(H,33,35,36)/t20?,21?,24-/m0/s1. The summed E-state index contributed by atoms with van der Waals surface area (Å²) < 4.78 is 35.3. The van der Waals surface area contributed by atoms with Gasteiger partial charge in [0.1, 0.15) is 11.6 Å². The molecule has 0 amide bonds. The minimum absolute atomic E-state index is 0.231. The quantitative estimate of drug-likeness (QED) is 0.400. The summed E-state index contributed by atoms with van der Waals surface area (Å²) in [6.07, 6.45) is 3.85. The number of rotatable bonds is 8. The number of alkyl halides is 2. The lowest BCUT2D eigenvalue weighted by Crippen LogP contribution is -2.50. The lowest BCUT2D eigenvalue weighted by atomic mass is 9.84. The number of aliphatic hydroxyl groups is 1. The number of nitrogens with zero attached hydrogens (tertiary/aromatic N) is 6. The molecule has 3 aliphatic rings. The van der Waals surface area contributed by atoms with Crippen LogP contribution in [-0.4, -0.2) is 86.6 Å². The Balaban J connectivity index is 1.21. The number of imidazole rings is 1. The number of ether oxygens (including phenoxy) is 1. The molecule has 41 heavy (non-hydrogen) atoms. The maximum Gasteiger partial charge on any atom is 0.296 e. The Bertz CT molecular complexity index is 1330. The molecule has 0 unspecified atom stereocenters. The molecular formula is C30H41F2N7O2. The fourth-order valence-corrected chi connectivity index (χ4v) is 6.90. The zero-order valence-corrected chi connectivity index (χ0v) is 24.0. The van der Waals surface area contributed by atoms with Gasteiger partial charge in [-0.3, -0.25) is 9.47 Å². The van der Waals surface area contributed by atoms with Crippen LogP contribution in [0.3, 0.4) is 0 Å². The first-order chi connectivity index (χ1) is 19.8. The van der Waals surface area contributed by atoms with Crippen LogP contribution in [0, 0.1) is 5.92 Å². The van der Waals surface area contributed by atoms with Crippen LogP contribution in [0.4, 0.5) is 20.5 Å². The Morgan fingerprint density at radius 1 is 1.00 bits per heavy atom. The van der Waals surface area contributed by atoms with Crippen LogP contribution in [0.25, 0.3) is 16.9 Å². The van der Waals surface area contributed by atoms with Crippen LogP contribution in [0.1, 0.15) is 64.6 Å². The van der Waals surface area contributed by atoms with E-state index in [2.05, 4.69) is 20.1 Å². The Hall–Kier alpha value is -2.89. The number of benzene rings is 1. The molecule has 0 radical (unpaired) electrons. The first kappa shape index (κ1) is 28.2. The van der Waals surface area contributed by atoms with Crippen molar-refractivity contribution in [1.82, 2.24) is 24.4 Å². The molecule has 9 nitrogen and oxygen atoms in total. The molecule has 2 aromatic heterocycles. The second kappa shape index (κ2) is 11.8. The highest BCUT2D eigenvalue weighted by atomic mass is 19.3. The van der Waals surface area contributed by atoms with Gasteiger partial charge in [0.15, 0.2) is 5.82 Å². The SMILES string of the molecule is CC(C)(O)[C@@H]1CCCN1C1CCC(CNc2nc(N3CCOCC3)cc(-n3c(C(F)F)nc4ccccc43)n2)CC1. The van der Waals surface area contributed by atoms with Gasteiger partial charge in [-0.25, -0.2) is 13.8 Å². The van der Waals surface area contributed by atoms with E-state index >= 15 is 0 Å². The van der Waals surface area contributed by atoms with Crippen LogP contribution >= 0.6 is 0 Å². The van der Waals surface area contributed by atoms with E-state index in [1.54, 1.807) is 24.3 Å². The molecule has 0 bridgehead atoms. The van der Waals surface area contributed by atoms with Gasteiger partial charge in [0.05, 0.1) is 29.8 Å². The highest BCUT2D eigenvalue weighted by molar-refractivity contribution is 5.78. The molecule has 222 valence electrons. The highest BCUT2D eigenvalue weighted by Gasteiger charge is 2.40. The second-order valence-corrected chi connectivity index (χ2v) is 12.2. The molecule has 11 heteroatoms. The van der Waals surface area contributed by atoms with Crippen molar-refractivity contribution in [3.63, 3.8) is 0 Å². The third kappa shape index (κ3) is 6.03. The fourth-order valence-electron chi connectivity index (χ4n) is 6.90. The normalized spacial score (nSPS) is 24.4. The van der Waals surface area contributed by atoms with Crippen molar-refractivity contribution in [3.8, 4) is 5.82 Å². The van der Waals surface area contributed by atoms with Gasteiger partial charge in [0.25, 0.3) is 6.43 Å². The number of halogens is 2. The fraction of sp³-hybridized carbons (Fsp3) is 0.633. The Kier molecular flexibility index (Phi) is 8.11. The number of hydrogen-bond acceptors (Lipinski definition) is 8. The maximum absolute atomic E-state index is 14.1. The Morgan fingerprint density at radius 3 is 2.46 bits per heavy atom. The summed E-state index contributed by atoms with van der Waals surface area (Å²) in [5.74, 6) is 1.65. The van der Waals surface area contributed by atoms with Crippen LogP contribution < -0.4 is 10.2 Å². The molecular weight excluding hydrogens is 528 g/mol. The first-order valence-electron chi connectivity index (χ1n) is 15.0. The number of likely N-dealkylation sites (tertiary alicyclic amines) is 1. The average Bonchev–Trinajstić information content (AvgIpc) is 3.63. The first-order valence-corrected chi connectivity index (χ1v) is 15.0. The van der Waals surface area contributed by atoms with Crippen molar-refractivity contribution < 1.29 is 18.6 Å². The van der Waals surface area contributed by atoms with Crippen molar-refractivity contribution in [1.29, 1.82) is 0 Å². The van der Waals surface area contributed by atoms with Gasteiger partial charge >= 0.3 is 0 Å². The molecule has 1 atom stereocenters. The van der Waals surface area contributed by atoms with E-state index in [1.807, 2.05) is 19.9 Å². The van der Waals surface area contributed by atoms with Gasteiger partial charge in [-0.1, -0.05) is 12.1 Å². The summed E-state index contributed by atoms with van der Waals surface area (Å²) in [6, 6.07) is 9.67. The summed E-state index contributed by atoms with van der Waals surface area (Å²) in [7, 11) is 0. The number of aromatic nitrogens is 4. The summed E-state index contributed by atoms with van der Waals surface area (Å²) in [4.78, 5) is 18.4. The van der Waals surface area contributed by atoms with Crippen LogP contribution in [0.15, 0.2) is 30.3 Å². The van der Waals surface area contributed by atoms with Crippen molar-refractivity contribution >= 4 is 22.8 Å². The van der Waals surface area contributed by atoms with Gasteiger partial charge < -0.3 is 20.1 Å². The lowest BCUT2D eigenvalue weighted by Gasteiger charge is -2.42. The molecule has 2 saturated heterocycles. The largest absolute Gasteiger partial charge is 0.389 e. The third-order valence-electron chi connectivity index (χ3n) is 8.99. The molecule has 0 spiro atoms. The number of hydrogen-bond donors (Lipinski definition) is 2. The topological polar surface area (TPSA) is 91.6 Å². The summed E-state index contributed by atoms with van der Waals surface area (Å²) >= 11 is 0. The van der Waals surface area contributed by atoms with Crippen LogP contribution in [-0.2, 0) is 4.74 Å². The third-order valence-corrected chi connectivity index (χ3v) is 8.99. The van der Waals surface area contributed by atoms with Gasteiger partial charge in [-0.05, 0) is 77.0 Å². The Labute approximate surface area is 239 Å². The highest BCUT2D eigenvalue weighted by Crippen LogP contribution is 2.36. The van der Waals surface area contributed by atoms with Gasteiger partial charge in [-0.2, -0.15) is 9.97 Å². The average molecular weight is 570 g/mol.